The Hall–Kier alpha value is -1.70. The molecule has 0 saturated carbocycles. The molecule has 2 aromatic rings. The van der Waals surface area contributed by atoms with Gasteiger partial charge in [-0.1, -0.05) is 40.6 Å². The van der Waals surface area contributed by atoms with Gasteiger partial charge in [0.2, 0.25) is 16.9 Å². The van der Waals surface area contributed by atoms with Crippen molar-refractivity contribution in [1.29, 1.82) is 0 Å². The van der Waals surface area contributed by atoms with Gasteiger partial charge in [0.25, 0.3) is 0 Å². The molecule has 9 heteroatoms. The van der Waals surface area contributed by atoms with Crippen LogP contribution in [0.4, 0.5) is 5.13 Å². The van der Waals surface area contributed by atoms with Crippen LogP contribution < -0.4 is 5.32 Å². The van der Waals surface area contributed by atoms with Gasteiger partial charge in [0.1, 0.15) is 5.51 Å². The number of hydrogen-bond donors (Lipinski definition) is 1. The second kappa shape index (κ2) is 8.12. The lowest BCUT2D eigenvalue weighted by molar-refractivity contribution is -0.133. The van der Waals surface area contributed by atoms with Crippen LogP contribution in [0.25, 0.3) is 0 Å². The summed E-state index contributed by atoms with van der Waals surface area (Å²) < 4.78 is 0. The smallest absolute Gasteiger partial charge is 0.229 e. The predicted octanol–water partition coefficient (Wildman–Crippen LogP) is 3.26. The maximum Gasteiger partial charge on any atom is 0.229 e. The van der Waals surface area contributed by atoms with Gasteiger partial charge in [0.15, 0.2) is 0 Å². The van der Waals surface area contributed by atoms with Gasteiger partial charge in [-0.25, -0.2) is 0 Å². The number of benzene rings is 1. The molecule has 0 aliphatic carbocycles. The van der Waals surface area contributed by atoms with Crippen molar-refractivity contribution in [2.45, 2.75) is 19.3 Å². The zero-order valence-corrected chi connectivity index (χ0v) is 15.6. The number of likely N-dealkylation sites (tertiary alicyclic amines) is 1. The molecule has 6 nitrogen and oxygen atoms in total. The second-order valence-corrected chi connectivity index (χ2v) is 7.41. The number of nitrogens with one attached hydrogen (secondary N) is 1. The number of rotatable bonds is 4. The third-order valence-electron chi connectivity index (χ3n) is 4.20. The molecule has 1 N–H and O–H groups in total. The minimum atomic E-state index is -0.128. The highest BCUT2D eigenvalue weighted by molar-refractivity contribution is 7.13. The zero-order valence-electron chi connectivity index (χ0n) is 13.2. The molecule has 2 heterocycles. The summed E-state index contributed by atoms with van der Waals surface area (Å²) >= 11 is 13.5. The van der Waals surface area contributed by atoms with Crippen LogP contribution in [0.5, 0.6) is 0 Å². The van der Waals surface area contributed by atoms with Crippen LogP contribution in [0, 0.1) is 5.92 Å². The molecule has 1 fully saturated rings. The second-order valence-electron chi connectivity index (χ2n) is 5.77. The van der Waals surface area contributed by atoms with Crippen molar-refractivity contribution in [1.82, 2.24) is 15.1 Å². The maximum atomic E-state index is 12.5. The summed E-state index contributed by atoms with van der Waals surface area (Å²) in [5.41, 5.74) is 2.21. The fourth-order valence-corrected chi connectivity index (χ4v) is 3.77. The molecule has 0 atom stereocenters. The van der Waals surface area contributed by atoms with Crippen LogP contribution in [0.15, 0.2) is 23.7 Å². The van der Waals surface area contributed by atoms with Crippen molar-refractivity contribution in [3.63, 3.8) is 0 Å². The Morgan fingerprint density at radius 1 is 1.24 bits per heavy atom. The summed E-state index contributed by atoms with van der Waals surface area (Å²) in [7, 11) is 0. The summed E-state index contributed by atoms with van der Waals surface area (Å²) in [5.74, 6) is -0.229. The molecule has 0 radical (unpaired) electrons. The number of carbonyl (C=O) groups excluding carboxylic acids is 2. The van der Waals surface area contributed by atoms with Crippen molar-refractivity contribution in [3.05, 3.63) is 39.3 Å². The fourth-order valence-electron chi connectivity index (χ4n) is 2.79. The van der Waals surface area contributed by atoms with E-state index in [0.29, 0.717) is 46.7 Å². The van der Waals surface area contributed by atoms with Crippen molar-refractivity contribution in [2.75, 3.05) is 18.4 Å². The van der Waals surface area contributed by atoms with Crippen molar-refractivity contribution >= 4 is 51.5 Å². The van der Waals surface area contributed by atoms with E-state index in [1.54, 1.807) is 28.6 Å². The summed E-state index contributed by atoms with van der Waals surface area (Å²) in [5, 5.41) is 11.7. The van der Waals surface area contributed by atoms with Crippen LogP contribution in [-0.4, -0.2) is 40.0 Å². The first-order valence-electron chi connectivity index (χ1n) is 7.82. The molecule has 0 unspecified atom stereocenters. The molecule has 1 aromatic heterocycles. The first kappa shape index (κ1) is 18.1. The molecule has 1 aliphatic rings. The van der Waals surface area contributed by atoms with Gasteiger partial charge in [0, 0.05) is 29.1 Å². The first-order valence-corrected chi connectivity index (χ1v) is 9.46. The topological polar surface area (TPSA) is 75.2 Å². The number of hydrogen-bond acceptors (Lipinski definition) is 5. The molecule has 25 heavy (non-hydrogen) atoms. The van der Waals surface area contributed by atoms with E-state index < -0.39 is 0 Å². The molecule has 1 aliphatic heterocycles. The van der Waals surface area contributed by atoms with Crippen molar-refractivity contribution in [3.8, 4) is 0 Å². The van der Waals surface area contributed by atoms with E-state index in [1.807, 2.05) is 0 Å². The molecule has 132 valence electrons. The normalized spacial score (nSPS) is 15.2. The van der Waals surface area contributed by atoms with Crippen LogP contribution in [0.1, 0.15) is 18.4 Å². The standard InChI is InChI=1S/C16H16Cl2N4O2S/c17-12-2-1-3-13(18)11(12)8-14(23)22-6-4-10(5-7-22)15(24)20-16-21-19-9-25-16/h1-3,9-10H,4-8H2,(H,20,21,24). The molecule has 2 amide bonds. The van der Waals surface area contributed by atoms with E-state index in [2.05, 4.69) is 15.5 Å². The highest BCUT2D eigenvalue weighted by atomic mass is 35.5. The van der Waals surface area contributed by atoms with E-state index >= 15 is 0 Å². The number of nitrogens with zero attached hydrogens (tertiary/aromatic N) is 3. The van der Waals surface area contributed by atoms with Gasteiger partial charge in [-0.2, -0.15) is 0 Å². The van der Waals surface area contributed by atoms with Gasteiger partial charge < -0.3 is 10.2 Å². The zero-order chi connectivity index (χ0) is 17.8. The maximum absolute atomic E-state index is 12.5. The molecule has 1 aromatic carbocycles. The van der Waals surface area contributed by atoms with Crippen LogP contribution in [0.2, 0.25) is 10.0 Å². The first-order chi connectivity index (χ1) is 12.0. The fraction of sp³-hybridized carbons (Fsp3) is 0.375. The molecule has 0 spiro atoms. The van der Waals surface area contributed by atoms with Crippen LogP contribution in [-0.2, 0) is 16.0 Å². The number of piperidine rings is 1. The van der Waals surface area contributed by atoms with Crippen molar-refractivity contribution in [2.24, 2.45) is 5.92 Å². The Labute approximate surface area is 159 Å². The Bertz CT molecular complexity index is 741. The van der Waals surface area contributed by atoms with Crippen molar-refractivity contribution < 1.29 is 9.59 Å². The lowest BCUT2D eigenvalue weighted by Gasteiger charge is -2.31. The van der Waals surface area contributed by atoms with Gasteiger partial charge in [0.05, 0.1) is 6.42 Å². The Morgan fingerprint density at radius 3 is 2.52 bits per heavy atom. The molecular formula is C16H16Cl2N4O2S. The molecule has 3 rings (SSSR count). The monoisotopic (exact) mass is 398 g/mol. The number of aromatic nitrogens is 2. The number of carbonyl (C=O) groups is 2. The van der Waals surface area contributed by atoms with Gasteiger partial charge in [-0.05, 0) is 30.5 Å². The van der Waals surface area contributed by atoms with E-state index in [9.17, 15) is 9.59 Å². The minimum absolute atomic E-state index is 0.0296. The SMILES string of the molecule is O=C(Nc1nncs1)C1CCN(C(=O)Cc2c(Cl)cccc2Cl)CC1. The van der Waals surface area contributed by atoms with E-state index in [0.717, 1.165) is 0 Å². The minimum Gasteiger partial charge on any atom is -0.342 e. The number of anilines is 1. The third-order valence-corrected chi connectivity index (χ3v) is 5.51. The summed E-state index contributed by atoms with van der Waals surface area (Å²) in [6.07, 6.45) is 1.40. The average molecular weight is 399 g/mol. The van der Waals surface area contributed by atoms with E-state index in [1.165, 1.54) is 11.3 Å². The largest absolute Gasteiger partial charge is 0.342 e. The Morgan fingerprint density at radius 2 is 1.92 bits per heavy atom. The predicted molar refractivity (Wildman–Crippen MR) is 98.0 cm³/mol. The van der Waals surface area contributed by atoms with E-state index in [4.69, 9.17) is 23.2 Å². The summed E-state index contributed by atoms with van der Waals surface area (Å²) in [6, 6.07) is 5.20. The quantitative estimate of drug-likeness (QED) is 0.857. The highest BCUT2D eigenvalue weighted by Gasteiger charge is 2.28. The summed E-state index contributed by atoms with van der Waals surface area (Å²) in [4.78, 5) is 26.5. The molecule has 0 bridgehead atoms. The number of amides is 2. The molecule has 1 saturated heterocycles. The Kier molecular flexibility index (Phi) is 5.88. The van der Waals surface area contributed by atoms with Crippen LogP contribution >= 0.6 is 34.5 Å². The van der Waals surface area contributed by atoms with Gasteiger partial charge in [-0.15, -0.1) is 10.2 Å². The van der Waals surface area contributed by atoms with Gasteiger partial charge in [-0.3, -0.25) is 9.59 Å². The Balaban J connectivity index is 1.53. The number of halogens is 2. The summed E-state index contributed by atoms with van der Waals surface area (Å²) in [6.45, 7) is 1.07. The van der Waals surface area contributed by atoms with Crippen LogP contribution in [0.3, 0.4) is 0 Å². The lowest BCUT2D eigenvalue weighted by Crippen LogP contribution is -2.42. The van der Waals surface area contributed by atoms with E-state index in [-0.39, 0.29) is 24.2 Å². The molecular weight excluding hydrogens is 383 g/mol. The average Bonchev–Trinajstić information content (AvgIpc) is 3.11. The van der Waals surface area contributed by atoms with Gasteiger partial charge >= 0.3 is 0 Å². The third kappa shape index (κ3) is 4.48. The highest BCUT2D eigenvalue weighted by Crippen LogP contribution is 2.26. The lowest BCUT2D eigenvalue weighted by atomic mass is 9.95.